The van der Waals surface area contributed by atoms with E-state index >= 15 is 0 Å². The lowest BCUT2D eigenvalue weighted by Gasteiger charge is -2.62. The van der Waals surface area contributed by atoms with Crippen molar-refractivity contribution in [2.75, 3.05) is 6.61 Å². The lowest BCUT2D eigenvalue weighted by Crippen LogP contribution is -2.54. The zero-order chi connectivity index (χ0) is 14.3. The normalized spacial score (nSPS) is 45.8. The predicted octanol–water partition coefficient (Wildman–Crippen LogP) is 5.03. The second kappa shape index (κ2) is 5.06. The van der Waals surface area contributed by atoms with E-state index in [9.17, 15) is 5.11 Å². The first-order valence-corrected chi connectivity index (χ1v) is 8.41. The van der Waals surface area contributed by atoms with E-state index in [4.69, 9.17) is 0 Å². The summed E-state index contributed by atoms with van der Waals surface area (Å²) < 4.78 is 0. The predicted molar refractivity (Wildman–Crippen MR) is 82.1 cm³/mol. The number of fused-ring (bicyclic) bond motifs is 1. The summed E-state index contributed by atoms with van der Waals surface area (Å²) in [5, 5.41) is 9.58. The number of rotatable bonds is 3. The number of hydrogen-bond donors (Lipinski definition) is 1. The Morgan fingerprint density at radius 3 is 2.32 bits per heavy atom. The smallest absolute Gasteiger partial charge is 0.0434 e. The Labute approximate surface area is 120 Å². The van der Waals surface area contributed by atoms with Crippen molar-refractivity contribution in [2.24, 2.45) is 28.1 Å². The molecule has 0 spiro atoms. The van der Waals surface area contributed by atoms with E-state index in [-0.39, 0.29) is 0 Å². The maximum Gasteiger partial charge on any atom is 0.0434 e. The van der Waals surface area contributed by atoms with E-state index in [1.54, 1.807) is 0 Å². The number of hydrogen-bond acceptors (Lipinski definition) is 1. The van der Waals surface area contributed by atoms with Gasteiger partial charge in [-0.15, -0.1) is 0 Å². The number of aliphatic hydroxyl groups is 1. The van der Waals surface area contributed by atoms with Crippen molar-refractivity contribution >= 4 is 0 Å². The third-order valence-corrected chi connectivity index (χ3v) is 7.14. The summed E-state index contributed by atoms with van der Waals surface area (Å²) in [5.41, 5.74) is 1.39. The lowest BCUT2D eigenvalue weighted by atomic mass is 9.42. The zero-order valence-electron chi connectivity index (χ0n) is 13.8. The molecule has 2 fully saturated rings. The van der Waals surface area contributed by atoms with E-state index in [1.165, 1.54) is 38.5 Å². The molecule has 19 heavy (non-hydrogen) atoms. The molecule has 0 heterocycles. The molecule has 0 saturated heterocycles. The van der Waals surface area contributed by atoms with Gasteiger partial charge >= 0.3 is 0 Å². The van der Waals surface area contributed by atoms with Gasteiger partial charge in [-0.05, 0) is 60.2 Å². The Morgan fingerprint density at radius 1 is 1.05 bits per heavy atom. The molecule has 1 heteroatoms. The van der Waals surface area contributed by atoms with Crippen LogP contribution >= 0.6 is 0 Å². The molecule has 1 nitrogen and oxygen atoms in total. The van der Waals surface area contributed by atoms with Crippen molar-refractivity contribution in [3.05, 3.63) is 0 Å². The minimum atomic E-state index is 0.364. The highest BCUT2D eigenvalue weighted by molar-refractivity contribution is 5.06. The van der Waals surface area contributed by atoms with Crippen LogP contribution in [0.2, 0.25) is 0 Å². The first-order valence-electron chi connectivity index (χ1n) is 8.41. The summed E-state index contributed by atoms with van der Waals surface area (Å²) in [6.45, 7) is 12.7. The standard InChI is InChI=1S/C18H34O/c1-6-17(4)12-8-14-16(2,3)10-7-11-18(14,5)15(17)9-13-19/h14-15,19H,6-13H2,1-5H3/t14?,15-,17+,18-/m0/s1. The molecule has 1 unspecified atom stereocenters. The van der Waals surface area contributed by atoms with Gasteiger partial charge in [0.25, 0.3) is 0 Å². The van der Waals surface area contributed by atoms with Crippen molar-refractivity contribution in [2.45, 2.75) is 79.6 Å². The van der Waals surface area contributed by atoms with Crippen molar-refractivity contribution in [1.29, 1.82) is 0 Å². The van der Waals surface area contributed by atoms with Gasteiger partial charge in [-0.3, -0.25) is 0 Å². The summed E-state index contributed by atoms with van der Waals surface area (Å²) in [4.78, 5) is 0. The van der Waals surface area contributed by atoms with E-state index in [0.717, 1.165) is 12.3 Å². The van der Waals surface area contributed by atoms with Gasteiger partial charge in [0.15, 0.2) is 0 Å². The maximum absolute atomic E-state index is 9.58. The van der Waals surface area contributed by atoms with Gasteiger partial charge in [0.05, 0.1) is 0 Å². The Bertz CT molecular complexity index is 322. The lowest BCUT2D eigenvalue weighted by molar-refractivity contribution is -0.135. The van der Waals surface area contributed by atoms with E-state index < -0.39 is 0 Å². The van der Waals surface area contributed by atoms with Crippen molar-refractivity contribution in [3.63, 3.8) is 0 Å². The van der Waals surface area contributed by atoms with Crippen molar-refractivity contribution in [3.8, 4) is 0 Å². The second-order valence-electron chi connectivity index (χ2n) is 8.51. The van der Waals surface area contributed by atoms with Gasteiger partial charge in [-0.1, -0.05) is 47.5 Å². The molecule has 2 rings (SSSR count). The van der Waals surface area contributed by atoms with E-state index in [0.29, 0.717) is 28.8 Å². The molecule has 2 aliphatic carbocycles. The van der Waals surface area contributed by atoms with Crippen LogP contribution in [0, 0.1) is 28.1 Å². The molecule has 1 N–H and O–H groups in total. The molecule has 2 aliphatic rings. The highest BCUT2D eigenvalue weighted by Crippen LogP contribution is 2.65. The Morgan fingerprint density at radius 2 is 1.74 bits per heavy atom. The van der Waals surface area contributed by atoms with E-state index in [2.05, 4.69) is 34.6 Å². The van der Waals surface area contributed by atoms with Gasteiger partial charge in [-0.2, -0.15) is 0 Å². The minimum Gasteiger partial charge on any atom is -0.396 e. The second-order valence-corrected chi connectivity index (χ2v) is 8.51. The topological polar surface area (TPSA) is 20.2 Å². The molecule has 0 radical (unpaired) electrons. The molecule has 0 bridgehead atoms. The van der Waals surface area contributed by atoms with Crippen LogP contribution in [0.5, 0.6) is 0 Å². The highest BCUT2D eigenvalue weighted by atomic mass is 16.3. The van der Waals surface area contributed by atoms with Crippen LogP contribution < -0.4 is 0 Å². The molecular formula is C18H34O. The first-order chi connectivity index (χ1) is 8.80. The third kappa shape index (κ3) is 2.37. The minimum absolute atomic E-state index is 0.364. The largest absolute Gasteiger partial charge is 0.396 e. The van der Waals surface area contributed by atoms with Crippen LogP contribution in [0.15, 0.2) is 0 Å². The Hall–Kier alpha value is -0.0400. The molecule has 0 aromatic heterocycles. The van der Waals surface area contributed by atoms with Crippen LogP contribution in [-0.2, 0) is 0 Å². The fraction of sp³-hybridized carbons (Fsp3) is 1.00. The summed E-state index contributed by atoms with van der Waals surface area (Å²) >= 11 is 0. The number of aliphatic hydroxyl groups excluding tert-OH is 1. The molecule has 4 atom stereocenters. The zero-order valence-corrected chi connectivity index (χ0v) is 13.8. The summed E-state index contributed by atoms with van der Waals surface area (Å²) in [5.74, 6) is 1.55. The highest BCUT2D eigenvalue weighted by Gasteiger charge is 2.57. The van der Waals surface area contributed by atoms with Crippen molar-refractivity contribution < 1.29 is 5.11 Å². The molecule has 0 aromatic carbocycles. The van der Waals surface area contributed by atoms with Crippen molar-refractivity contribution in [1.82, 2.24) is 0 Å². The van der Waals surface area contributed by atoms with Crippen LogP contribution in [0.25, 0.3) is 0 Å². The fourth-order valence-corrected chi connectivity index (χ4v) is 5.98. The van der Waals surface area contributed by atoms with Gasteiger partial charge in [-0.25, -0.2) is 0 Å². The van der Waals surface area contributed by atoms with Gasteiger partial charge < -0.3 is 5.11 Å². The monoisotopic (exact) mass is 266 g/mol. The summed E-state index contributed by atoms with van der Waals surface area (Å²) in [6, 6.07) is 0. The fourth-order valence-electron chi connectivity index (χ4n) is 5.98. The van der Waals surface area contributed by atoms with Gasteiger partial charge in [0.2, 0.25) is 0 Å². The first kappa shape index (κ1) is 15.4. The third-order valence-electron chi connectivity index (χ3n) is 7.14. The molecule has 112 valence electrons. The summed E-state index contributed by atoms with van der Waals surface area (Å²) in [6.07, 6.45) is 9.17. The Balaban J connectivity index is 2.37. The van der Waals surface area contributed by atoms with Crippen LogP contribution in [-0.4, -0.2) is 11.7 Å². The average molecular weight is 266 g/mol. The quantitative estimate of drug-likeness (QED) is 0.759. The van der Waals surface area contributed by atoms with E-state index in [1.807, 2.05) is 0 Å². The van der Waals surface area contributed by atoms with Crippen LogP contribution in [0.4, 0.5) is 0 Å². The average Bonchev–Trinajstić information content (AvgIpc) is 2.33. The maximum atomic E-state index is 9.58. The van der Waals surface area contributed by atoms with Crippen LogP contribution in [0.3, 0.4) is 0 Å². The molecular weight excluding hydrogens is 232 g/mol. The molecule has 0 aliphatic heterocycles. The van der Waals surface area contributed by atoms with Gasteiger partial charge in [0, 0.05) is 6.61 Å². The van der Waals surface area contributed by atoms with Crippen LogP contribution in [0.1, 0.15) is 79.6 Å². The molecule has 0 amide bonds. The van der Waals surface area contributed by atoms with Gasteiger partial charge in [0.1, 0.15) is 0 Å². The SMILES string of the molecule is CC[C@]1(C)CCC2C(C)(C)CCC[C@]2(C)[C@H]1CCO. The summed E-state index contributed by atoms with van der Waals surface area (Å²) in [7, 11) is 0. The molecule has 2 saturated carbocycles. The molecule has 0 aromatic rings. The Kier molecular flexibility index (Phi) is 4.09.